The Morgan fingerprint density at radius 3 is 2.50 bits per heavy atom. The van der Waals surface area contributed by atoms with Crippen LogP contribution in [0.25, 0.3) is 16.9 Å². The van der Waals surface area contributed by atoms with Crippen LogP contribution in [0.1, 0.15) is 25.0 Å². The number of nitrogen functional groups attached to an aromatic ring is 1. The normalized spacial score (nSPS) is 15.9. The lowest BCUT2D eigenvalue weighted by atomic mass is 10.1. The molecule has 0 spiro atoms. The van der Waals surface area contributed by atoms with Gasteiger partial charge in [0.2, 0.25) is 0 Å². The van der Waals surface area contributed by atoms with E-state index in [1.807, 2.05) is 42.6 Å². The minimum absolute atomic E-state index is 0.726. The summed E-state index contributed by atoms with van der Waals surface area (Å²) < 4.78 is 2.13. The minimum Gasteiger partial charge on any atom is -0.399 e. The Kier molecular flexibility index (Phi) is 4.17. The quantitative estimate of drug-likeness (QED) is 0.726. The first-order valence-electron chi connectivity index (χ1n) is 8.45. The van der Waals surface area contributed by atoms with Gasteiger partial charge < -0.3 is 10.1 Å². The second-order valence-corrected chi connectivity index (χ2v) is 6.88. The third-order valence-electron chi connectivity index (χ3n) is 4.69. The molecule has 2 aromatic heterocycles. The number of pyridine rings is 1. The summed E-state index contributed by atoms with van der Waals surface area (Å²) in [5.41, 5.74) is 10.8. The largest absolute Gasteiger partial charge is 0.399 e. The van der Waals surface area contributed by atoms with Crippen molar-refractivity contribution in [3.8, 4) is 11.3 Å². The molecule has 0 bridgehead atoms. The van der Waals surface area contributed by atoms with Crippen molar-refractivity contribution in [1.82, 2.24) is 14.3 Å². The molecule has 5 heteroatoms. The van der Waals surface area contributed by atoms with Crippen LogP contribution >= 0.6 is 11.6 Å². The molecule has 1 aliphatic heterocycles. The van der Waals surface area contributed by atoms with Gasteiger partial charge in [0.25, 0.3) is 0 Å². The fourth-order valence-electron chi connectivity index (χ4n) is 3.42. The Bertz CT molecular complexity index is 848. The van der Waals surface area contributed by atoms with E-state index in [9.17, 15) is 0 Å². The summed E-state index contributed by atoms with van der Waals surface area (Å²) >= 11 is 6.23. The average molecular weight is 341 g/mol. The minimum atomic E-state index is 0.726. The Balaban J connectivity index is 1.81. The number of aromatic nitrogens is 2. The number of hydrogen-bond donors (Lipinski definition) is 1. The van der Waals surface area contributed by atoms with Crippen molar-refractivity contribution in [1.29, 1.82) is 0 Å². The molecule has 0 atom stereocenters. The van der Waals surface area contributed by atoms with Crippen LogP contribution in [0.5, 0.6) is 0 Å². The third-order valence-corrected chi connectivity index (χ3v) is 4.91. The fraction of sp³-hybridized carbons (Fsp3) is 0.316. The van der Waals surface area contributed by atoms with Crippen LogP contribution in [0.2, 0.25) is 5.02 Å². The predicted molar refractivity (Wildman–Crippen MR) is 99.2 cm³/mol. The van der Waals surface area contributed by atoms with Crippen molar-refractivity contribution in [3.63, 3.8) is 0 Å². The van der Waals surface area contributed by atoms with Gasteiger partial charge in [-0.25, -0.2) is 4.98 Å². The summed E-state index contributed by atoms with van der Waals surface area (Å²) in [5.74, 6) is 0. The number of anilines is 1. The Morgan fingerprint density at radius 1 is 1.00 bits per heavy atom. The number of benzene rings is 1. The molecular weight excluding hydrogens is 320 g/mol. The fourth-order valence-corrected chi connectivity index (χ4v) is 3.58. The molecule has 3 aromatic rings. The first-order chi connectivity index (χ1) is 11.7. The first kappa shape index (κ1) is 15.5. The molecule has 4 nitrogen and oxygen atoms in total. The average Bonchev–Trinajstić information content (AvgIpc) is 2.94. The van der Waals surface area contributed by atoms with Gasteiger partial charge in [-0.3, -0.25) is 4.90 Å². The molecule has 0 aliphatic carbocycles. The molecule has 0 amide bonds. The van der Waals surface area contributed by atoms with E-state index in [-0.39, 0.29) is 0 Å². The van der Waals surface area contributed by atoms with Crippen LogP contribution in [0.4, 0.5) is 5.69 Å². The van der Waals surface area contributed by atoms with Crippen molar-refractivity contribution in [2.45, 2.75) is 25.8 Å². The lowest BCUT2D eigenvalue weighted by Crippen LogP contribution is -2.29. The molecule has 1 aliphatic rings. The van der Waals surface area contributed by atoms with Crippen LogP contribution in [0.3, 0.4) is 0 Å². The standard InChI is InChI=1S/C19H21ClN4/c20-15-6-9-18-22-19(14-4-7-16(21)8-5-14)17(24(18)12-15)13-23-10-2-1-3-11-23/h4-9,12H,1-3,10-11,13,21H2. The van der Waals surface area contributed by atoms with E-state index in [1.165, 1.54) is 25.0 Å². The smallest absolute Gasteiger partial charge is 0.137 e. The maximum atomic E-state index is 6.23. The third kappa shape index (κ3) is 2.99. The van der Waals surface area contributed by atoms with E-state index in [2.05, 4.69) is 9.30 Å². The van der Waals surface area contributed by atoms with E-state index in [4.69, 9.17) is 22.3 Å². The summed E-state index contributed by atoms with van der Waals surface area (Å²) in [6.07, 6.45) is 5.84. The van der Waals surface area contributed by atoms with E-state index in [0.717, 1.165) is 47.2 Å². The molecule has 1 aromatic carbocycles. The van der Waals surface area contributed by atoms with Gasteiger partial charge in [-0.1, -0.05) is 30.2 Å². The zero-order valence-corrected chi connectivity index (χ0v) is 14.3. The van der Waals surface area contributed by atoms with Crippen molar-refractivity contribution in [2.75, 3.05) is 18.8 Å². The highest BCUT2D eigenvalue weighted by molar-refractivity contribution is 6.30. The van der Waals surface area contributed by atoms with Crippen LogP contribution in [-0.4, -0.2) is 27.4 Å². The van der Waals surface area contributed by atoms with Gasteiger partial charge in [0.05, 0.1) is 16.4 Å². The molecule has 0 radical (unpaired) electrons. The molecule has 24 heavy (non-hydrogen) atoms. The lowest BCUT2D eigenvalue weighted by molar-refractivity contribution is 0.218. The van der Waals surface area contributed by atoms with Crippen LogP contribution in [0, 0.1) is 0 Å². The van der Waals surface area contributed by atoms with Crippen molar-refractivity contribution < 1.29 is 0 Å². The molecule has 124 valence electrons. The monoisotopic (exact) mass is 340 g/mol. The van der Waals surface area contributed by atoms with E-state index in [1.54, 1.807) is 0 Å². The van der Waals surface area contributed by atoms with Gasteiger partial charge >= 0.3 is 0 Å². The number of nitrogens with zero attached hydrogens (tertiary/aromatic N) is 3. The molecule has 3 heterocycles. The molecule has 2 N–H and O–H groups in total. The molecular formula is C19H21ClN4. The Labute approximate surface area is 146 Å². The van der Waals surface area contributed by atoms with Gasteiger partial charge in [0.1, 0.15) is 5.65 Å². The summed E-state index contributed by atoms with van der Waals surface area (Å²) in [7, 11) is 0. The maximum Gasteiger partial charge on any atom is 0.137 e. The lowest BCUT2D eigenvalue weighted by Gasteiger charge is -2.26. The molecule has 0 saturated carbocycles. The van der Waals surface area contributed by atoms with E-state index in [0.29, 0.717) is 0 Å². The molecule has 4 rings (SSSR count). The van der Waals surface area contributed by atoms with Crippen LogP contribution < -0.4 is 5.73 Å². The highest BCUT2D eigenvalue weighted by Gasteiger charge is 2.18. The summed E-state index contributed by atoms with van der Waals surface area (Å²) in [5, 5.41) is 0.726. The molecule has 0 unspecified atom stereocenters. The van der Waals surface area contributed by atoms with Crippen LogP contribution in [-0.2, 0) is 6.54 Å². The summed E-state index contributed by atoms with van der Waals surface area (Å²) in [6, 6.07) is 11.8. The highest BCUT2D eigenvalue weighted by Crippen LogP contribution is 2.28. The second-order valence-electron chi connectivity index (χ2n) is 6.44. The van der Waals surface area contributed by atoms with Gasteiger partial charge in [-0.2, -0.15) is 0 Å². The second kappa shape index (κ2) is 6.46. The van der Waals surface area contributed by atoms with Gasteiger partial charge in [-0.15, -0.1) is 0 Å². The van der Waals surface area contributed by atoms with E-state index < -0.39 is 0 Å². The summed E-state index contributed by atoms with van der Waals surface area (Å²) in [4.78, 5) is 7.36. The molecule has 1 saturated heterocycles. The Hall–Kier alpha value is -2.04. The topological polar surface area (TPSA) is 46.6 Å². The number of piperidine rings is 1. The number of imidazole rings is 1. The number of fused-ring (bicyclic) bond motifs is 1. The van der Waals surface area contributed by atoms with Gasteiger partial charge in [0.15, 0.2) is 0 Å². The Morgan fingerprint density at radius 2 is 1.75 bits per heavy atom. The number of halogens is 1. The molecule has 1 fully saturated rings. The SMILES string of the molecule is Nc1ccc(-c2nc3ccc(Cl)cn3c2CN2CCCCC2)cc1. The maximum absolute atomic E-state index is 6.23. The number of nitrogens with two attached hydrogens (primary N) is 1. The first-order valence-corrected chi connectivity index (χ1v) is 8.83. The van der Waals surface area contributed by atoms with Crippen molar-refractivity contribution in [3.05, 3.63) is 53.3 Å². The van der Waals surface area contributed by atoms with Crippen LogP contribution in [0.15, 0.2) is 42.6 Å². The van der Waals surface area contributed by atoms with E-state index >= 15 is 0 Å². The number of likely N-dealkylation sites (tertiary alicyclic amines) is 1. The predicted octanol–water partition coefficient (Wildman–Crippen LogP) is 4.22. The number of hydrogen-bond acceptors (Lipinski definition) is 3. The number of rotatable bonds is 3. The van der Waals surface area contributed by atoms with Crippen molar-refractivity contribution in [2.24, 2.45) is 0 Å². The zero-order chi connectivity index (χ0) is 16.5. The van der Waals surface area contributed by atoms with Crippen molar-refractivity contribution >= 4 is 22.9 Å². The van der Waals surface area contributed by atoms with Gasteiger partial charge in [0, 0.05) is 24.0 Å². The highest BCUT2D eigenvalue weighted by atomic mass is 35.5. The summed E-state index contributed by atoms with van der Waals surface area (Å²) in [6.45, 7) is 3.19. The van der Waals surface area contributed by atoms with Gasteiger partial charge in [-0.05, 0) is 50.2 Å². The zero-order valence-electron chi connectivity index (χ0n) is 13.6.